The Morgan fingerprint density at radius 1 is 1.44 bits per heavy atom. The summed E-state index contributed by atoms with van der Waals surface area (Å²) in [6.07, 6.45) is 2.33. The third kappa shape index (κ3) is 3.07. The highest BCUT2D eigenvalue weighted by Gasteiger charge is 2.08. The summed E-state index contributed by atoms with van der Waals surface area (Å²) in [4.78, 5) is 0. The zero-order chi connectivity index (χ0) is 12.8. The summed E-state index contributed by atoms with van der Waals surface area (Å²) in [7, 11) is 1.71. The second-order valence-corrected chi connectivity index (χ2v) is 4.03. The molecular formula is C13H17N3O2. The number of aromatic nitrogens is 2. The van der Waals surface area contributed by atoms with Gasteiger partial charge in [0.05, 0.1) is 6.61 Å². The lowest BCUT2D eigenvalue weighted by Crippen LogP contribution is -2.23. The molecule has 1 N–H and O–H groups in total. The maximum Gasteiger partial charge on any atom is 0.247 e. The zero-order valence-corrected chi connectivity index (χ0v) is 10.6. The lowest BCUT2D eigenvalue weighted by atomic mass is 10.1. The molecule has 1 unspecified atom stereocenters. The van der Waals surface area contributed by atoms with Gasteiger partial charge in [0.25, 0.3) is 0 Å². The van der Waals surface area contributed by atoms with Crippen molar-refractivity contribution in [2.75, 3.05) is 19.0 Å². The van der Waals surface area contributed by atoms with Gasteiger partial charge in [0, 0.05) is 24.4 Å². The second-order valence-electron chi connectivity index (χ2n) is 4.03. The van der Waals surface area contributed by atoms with Crippen LogP contribution in [0.2, 0.25) is 0 Å². The molecule has 5 nitrogen and oxygen atoms in total. The average Bonchev–Trinajstić information content (AvgIpc) is 2.92. The van der Waals surface area contributed by atoms with E-state index in [9.17, 15) is 0 Å². The van der Waals surface area contributed by atoms with Crippen LogP contribution < -0.4 is 5.32 Å². The molecule has 0 spiro atoms. The Labute approximate surface area is 106 Å². The third-order valence-corrected chi connectivity index (χ3v) is 2.70. The minimum Gasteiger partial charge on any atom is -0.423 e. The fourth-order valence-corrected chi connectivity index (χ4v) is 1.74. The number of hydrogen-bond acceptors (Lipinski definition) is 5. The fraction of sp³-hybridized carbons (Fsp3) is 0.385. The van der Waals surface area contributed by atoms with Crippen LogP contribution in [0.5, 0.6) is 0 Å². The first-order valence-corrected chi connectivity index (χ1v) is 5.95. The Hall–Kier alpha value is -1.88. The summed E-state index contributed by atoms with van der Waals surface area (Å²) < 4.78 is 10.3. The molecule has 2 rings (SSSR count). The van der Waals surface area contributed by atoms with Crippen LogP contribution in [0.3, 0.4) is 0 Å². The summed E-state index contributed by atoms with van der Waals surface area (Å²) in [6.45, 7) is 2.81. The fourth-order valence-electron chi connectivity index (χ4n) is 1.74. The summed E-state index contributed by atoms with van der Waals surface area (Å²) in [5, 5.41) is 11.0. The lowest BCUT2D eigenvalue weighted by molar-refractivity contribution is 0.184. The molecule has 2 aromatic rings. The molecule has 0 saturated heterocycles. The van der Waals surface area contributed by atoms with E-state index in [-0.39, 0.29) is 0 Å². The topological polar surface area (TPSA) is 60.2 Å². The number of anilines is 1. The highest BCUT2D eigenvalue weighted by atomic mass is 16.5. The number of hydrogen-bond donors (Lipinski definition) is 1. The SMILES string of the molecule is CCC(COC)Nc1cccc(-c2nnco2)c1. The van der Waals surface area contributed by atoms with Crippen LogP contribution in [-0.4, -0.2) is 30.0 Å². The molecule has 1 heterocycles. The van der Waals surface area contributed by atoms with E-state index in [1.807, 2.05) is 24.3 Å². The first-order chi connectivity index (χ1) is 8.83. The number of nitrogens with one attached hydrogen (secondary N) is 1. The number of rotatable bonds is 6. The Balaban J connectivity index is 2.12. The van der Waals surface area contributed by atoms with Crippen LogP contribution in [0.4, 0.5) is 5.69 Å². The largest absolute Gasteiger partial charge is 0.423 e. The Morgan fingerprint density at radius 2 is 2.33 bits per heavy atom. The van der Waals surface area contributed by atoms with E-state index in [4.69, 9.17) is 9.15 Å². The van der Waals surface area contributed by atoms with Crippen LogP contribution in [0.15, 0.2) is 35.1 Å². The number of nitrogens with zero attached hydrogens (tertiary/aromatic N) is 2. The van der Waals surface area contributed by atoms with Crippen molar-refractivity contribution in [1.82, 2.24) is 10.2 Å². The van der Waals surface area contributed by atoms with Gasteiger partial charge in [-0.3, -0.25) is 0 Å². The molecule has 0 saturated carbocycles. The van der Waals surface area contributed by atoms with Crippen molar-refractivity contribution >= 4 is 5.69 Å². The second kappa shape index (κ2) is 6.16. The Kier molecular flexibility index (Phi) is 4.30. The molecule has 0 aliphatic heterocycles. The quantitative estimate of drug-likeness (QED) is 0.850. The van der Waals surface area contributed by atoms with Crippen molar-refractivity contribution in [3.63, 3.8) is 0 Å². The standard InChI is InChI=1S/C13H17N3O2/c1-3-11(8-17-2)15-12-6-4-5-10(7-12)13-16-14-9-18-13/h4-7,9,11,15H,3,8H2,1-2H3. The number of methoxy groups -OCH3 is 1. The van der Waals surface area contributed by atoms with Gasteiger partial charge in [0.1, 0.15) is 0 Å². The Morgan fingerprint density at radius 3 is 3.00 bits per heavy atom. The lowest BCUT2D eigenvalue weighted by Gasteiger charge is -2.17. The predicted molar refractivity (Wildman–Crippen MR) is 69.3 cm³/mol. The van der Waals surface area contributed by atoms with Crippen molar-refractivity contribution in [1.29, 1.82) is 0 Å². The summed E-state index contributed by atoms with van der Waals surface area (Å²) in [5.41, 5.74) is 1.93. The van der Waals surface area contributed by atoms with Crippen molar-refractivity contribution in [2.24, 2.45) is 0 Å². The van der Waals surface area contributed by atoms with Gasteiger partial charge in [0.15, 0.2) is 0 Å². The molecular weight excluding hydrogens is 230 g/mol. The molecule has 96 valence electrons. The minimum atomic E-state index is 0.299. The normalized spacial score (nSPS) is 12.3. The van der Waals surface area contributed by atoms with Crippen LogP contribution in [0.25, 0.3) is 11.5 Å². The van der Waals surface area contributed by atoms with E-state index in [2.05, 4.69) is 22.4 Å². The summed E-state index contributed by atoms with van der Waals surface area (Å²) >= 11 is 0. The summed E-state index contributed by atoms with van der Waals surface area (Å²) in [5.74, 6) is 0.526. The minimum absolute atomic E-state index is 0.299. The molecule has 1 aromatic carbocycles. The van der Waals surface area contributed by atoms with Gasteiger partial charge in [-0.1, -0.05) is 13.0 Å². The van der Waals surface area contributed by atoms with Gasteiger partial charge in [-0.2, -0.15) is 0 Å². The number of benzene rings is 1. The van der Waals surface area contributed by atoms with Gasteiger partial charge in [-0.05, 0) is 24.6 Å². The van der Waals surface area contributed by atoms with Crippen LogP contribution in [0.1, 0.15) is 13.3 Å². The summed E-state index contributed by atoms with van der Waals surface area (Å²) in [6, 6.07) is 8.20. The smallest absolute Gasteiger partial charge is 0.247 e. The van der Waals surface area contributed by atoms with Crippen molar-refractivity contribution in [2.45, 2.75) is 19.4 Å². The zero-order valence-electron chi connectivity index (χ0n) is 10.6. The van der Waals surface area contributed by atoms with E-state index in [0.29, 0.717) is 18.5 Å². The van der Waals surface area contributed by atoms with E-state index in [0.717, 1.165) is 17.7 Å². The van der Waals surface area contributed by atoms with Crippen LogP contribution in [0, 0.1) is 0 Å². The molecule has 0 aliphatic rings. The highest BCUT2D eigenvalue weighted by Crippen LogP contribution is 2.21. The Bertz CT molecular complexity index is 471. The van der Waals surface area contributed by atoms with Gasteiger partial charge in [-0.15, -0.1) is 10.2 Å². The maximum atomic E-state index is 5.18. The van der Waals surface area contributed by atoms with Crippen molar-refractivity contribution < 1.29 is 9.15 Å². The monoisotopic (exact) mass is 247 g/mol. The van der Waals surface area contributed by atoms with Gasteiger partial charge in [-0.25, -0.2) is 0 Å². The highest BCUT2D eigenvalue weighted by molar-refractivity contribution is 5.61. The molecule has 5 heteroatoms. The molecule has 0 fully saturated rings. The molecule has 1 aromatic heterocycles. The van der Waals surface area contributed by atoms with Gasteiger partial charge < -0.3 is 14.5 Å². The van der Waals surface area contributed by atoms with E-state index in [1.54, 1.807) is 7.11 Å². The van der Waals surface area contributed by atoms with Crippen LogP contribution >= 0.6 is 0 Å². The molecule has 0 bridgehead atoms. The maximum absolute atomic E-state index is 5.18. The molecule has 1 atom stereocenters. The van der Waals surface area contributed by atoms with Crippen molar-refractivity contribution in [3.8, 4) is 11.5 Å². The molecule has 18 heavy (non-hydrogen) atoms. The molecule has 0 aliphatic carbocycles. The van der Waals surface area contributed by atoms with E-state index < -0.39 is 0 Å². The predicted octanol–water partition coefficient (Wildman–Crippen LogP) is 2.57. The first-order valence-electron chi connectivity index (χ1n) is 5.95. The average molecular weight is 247 g/mol. The third-order valence-electron chi connectivity index (χ3n) is 2.70. The van der Waals surface area contributed by atoms with Crippen molar-refractivity contribution in [3.05, 3.63) is 30.7 Å². The first kappa shape index (κ1) is 12.6. The molecule has 0 amide bonds. The van der Waals surface area contributed by atoms with Crippen LogP contribution in [-0.2, 0) is 4.74 Å². The van der Waals surface area contributed by atoms with Gasteiger partial charge >= 0.3 is 0 Å². The molecule has 0 radical (unpaired) electrons. The van der Waals surface area contributed by atoms with E-state index in [1.165, 1.54) is 6.39 Å². The van der Waals surface area contributed by atoms with E-state index >= 15 is 0 Å². The number of ether oxygens (including phenoxy) is 1. The van der Waals surface area contributed by atoms with Gasteiger partial charge in [0.2, 0.25) is 12.3 Å².